The van der Waals surface area contributed by atoms with Crippen molar-refractivity contribution in [3.8, 4) is 0 Å². The van der Waals surface area contributed by atoms with Crippen LogP contribution in [0.15, 0.2) is 10.9 Å². The third-order valence-corrected chi connectivity index (χ3v) is 3.36. The molecule has 2 unspecified atom stereocenters. The van der Waals surface area contributed by atoms with Crippen LogP contribution in [0.1, 0.15) is 44.5 Å². The normalized spacial score (nSPS) is 21.9. The van der Waals surface area contributed by atoms with Gasteiger partial charge in [-0.3, -0.25) is 4.79 Å². The molecule has 0 radical (unpaired) electrons. The fraction of sp³-hybridized carbons (Fsp3) is 0.750. The van der Waals surface area contributed by atoms with Crippen LogP contribution < -0.4 is 0 Å². The first-order valence-corrected chi connectivity index (χ1v) is 6.31. The Labute approximate surface area is 106 Å². The summed E-state index contributed by atoms with van der Waals surface area (Å²) in [4.78, 5) is 18.2. The second kappa shape index (κ2) is 5.95. The van der Waals surface area contributed by atoms with Crippen molar-refractivity contribution in [1.82, 2.24) is 15.0 Å². The molecule has 0 saturated carbocycles. The van der Waals surface area contributed by atoms with Crippen LogP contribution in [0.2, 0.25) is 0 Å². The average molecular weight is 253 g/mol. The minimum absolute atomic E-state index is 0.0472. The second-order valence-corrected chi connectivity index (χ2v) is 4.64. The van der Waals surface area contributed by atoms with Crippen LogP contribution in [0.3, 0.4) is 0 Å². The van der Waals surface area contributed by atoms with Gasteiger partial charge in [0.2, 0.25) is 12.3 Å². The third kappa shape index (κ3) is 2.87. The first kappa shape index (κ1) is 13.0. The van der Waals surface area contributed by atoms with E-state index in [0.29, 0.717) is 12.2 Å². The molecule has 0 aliphatic carbocycles. The van der Waals surface area contributed by atoms with Crippen molar-refractivity contribution >= 4 is 5.91 Å². The van der Waals surface area contributed by atoms with Gasteiger partial charge in [-0.25, -0.2) is 0 Å². The lowest BCUT2D eigenvalue weighted by atomic mass is 10.0. The molecule has 100 valence electrons. The third-order valence-electron chi connectivity index (χ3n) is 3.36. The number of carbonyl (C=O) groups excluding carboxylic acids is 1. The summed E-state index contributed by atoms with van der Waals surface area (Å²) in [6.07, 6.45) is 4.65. The molecule has 1 fully saturated rings. The highest BCUT2D eigenvalue weighted by atomic mass is 16.5. The Balaban J connectivity index is 2.06. The van der Waals surface area contributed by atoms with Crippen LogP contribution in [-0.4, -0.2) is 40.7 Å². The Morgan fingerprint density at radius 2 is 2.50 bits per heavy atom. The van der Waals surface area contributed by atoms with Gasteiger partial charge in [0.1, 0.15) is 0 Å². The summed E-state index contributed by atoms with van der Waals surface area (Å²) in [5.74, 6) is 0.701. The molecule has 0 N–H and O–H groups in total. The molecule has 2 heterocycles. The SMILES string of the molecule is COC(C)CC(=O)N1CCCCC1c1ncon1. The van der Waals surface area contributed by atoms with Gasteiger partial charge in [-0.2, -0.15) is 4.98 Å². The molecule has 1 aliphatic heterocycles. The van der Waals surface area contributed by atoms with Crippen LogP contribution in [-0.2, 0) is 9.53 Å². The molecular weight excluding hydrogens is 234 g/mol. The molecule has 6 heteroatoms. The number of aromatic nitrogens is 2. The number of piperidine rings is 1. The van der Waals surface area contributed by atoms with E-state index in [1.165, 1.54) is 6.39 Å². The molecule has 0 spiro atoms. The molecule has 1 saturated heterocycles. The monoisotopic (exact) mass is 253 g/mol. The Kier molecular flexibility index (Phi) is 4.30. The zero-order valence-electron chi connectivity index (χ0n) is 10.8. The predicted octanol–water partition coefficient (Wildman–Crippen LogP) is 1.55. The van der Waals surface area contributed by atoms with Crippen molar-refractivity contribution in [3.63, 3.8) is 0 Å². The zero-order chi connectivity index (χ0) is 13.0. The molecule has 2 atom stereocenters. The molecule has 1 aromatic heterocycles. The Bertz CT molecular complexity index is 380. The number of methoxy groups -OCH3 is 1. The number of amides is 1. The summed E-state index contributed by atoms with van der Waals surface area (Å²) in [7, 11) is 1.62. The first-order valence-electron chi connectivity index (χ1n) is 6.31. The second-order valence-electron chi connectivity index (χ2n) is 4.64. The van der Waals surface area contributed by atoms with E-state index >= 15 is 0 Å². The maximum atomic E-state index is 12.2. The number of hydrogen-bond acceptors (Lipinski definition) is 5. The fourth-order valence-corrected chi connectivity index (χ4v) is 2.27. The lowest BCUT2D eigenvalue weighted by Gasteiger charge is -2.34. The first-order chi connectivity index (χ1) is 8.72. The Morgan fingerprint density at radius 3 is 3.17 bits per heavy atom. The molecule has 1 aliphatic rings. The molecule has 2 rings (SSSR count). The van der Waals surface area contributed by atoms with Crippen molar-refractivity contribution in [1.29, 1.82) is 0 Å². The average Bonchev–Trinajstić information content (AvgIpc) is 2.92. The molecule has 18 heavy (non-hydrogen) atoms. The van der Waals surface area contributed by atoms with Gasteiger partial charge < -0.3 is 14.2 Å². The van der Waals surface area contributed by atoms with Crippen LogP contribution >= 0.6 is 0 Å². The number of hydrogen-bond donors (Lipinski definition) is 0. The van der Waals surface area contributed by atoms with E-state index in [0.717, 1.165) is 25.8 Å². The minimum atomic E-state index is -0.0645. The van der Waals surface area contributed by atoms with Gasteiger partial charge in [0.05, 0.1) is 18.6 Å². The summed E-state index contributed by atoms with van der Waals surface area (Å²) in [6, 6.07) is -0.0472. The minimum Gasteiger partial charge on any atom is -0.381 e. The lowest BCUT2D eigenvalue weighted by Crippen LogP contribution is -2.40. The van der Waals surface area contributed by atoms with E-state index in [1.54, 1.807) is 7.11 Å². The van der Waals surface area contributed by atoms with Gasteiger partial charge >= 0.3 is 0 Å². The topological polar surface area (TPSA) is 68.5 Å². The van der Waals surface area contributed by atoms with Crippen LogP contribution in [0.25, 0.3) is 0 Å². The number of nitrogens with zero attached hydrogens (tertiary/aromatic N) is 3. The quantitative estimate of drug-likeness (QED) is 0.814. The molecule has 0 aromatic carbocycles. The highest BCUT2D eigenvalue weighted by Gasteiger charge is 2.31. The van der Waals surface area contributed by atoms with Crippen LogP contribution in [0.4, 0.5) is 0 Å². The Hall–Kier alpha value is -1.43. The van der Waals surface area contributed by atoms with Gasteiger partial charge in [-0.15, -0.1) is 0 Å². The highest BCUT2D eigenvalue weighted by molar-refractivity contribution is 5.77. The molecule has 6 nitrogen and oxygen atoms in total. The lowest BCUT2D eigenvalue weighted by molar-refractivity contribution is -0.137. The summed E-state index contributed by atoms with van der Waals surface area (Å²) in [5, 5.41) is 3.86. The van der Waals surface area contributed by atoms with E-state index in [1.807, 2.05) is 11.8 Å². The van der Waals surface area contributed by atoms with E-state index in [-0.39, 0.29) is 18.1 Å². The number of rotatable bonds is 4. The van der Waals surface area contributed by atoms with E-state index < -0.39 is 0 Å². The predicted molar refractivity (Wildman–Crippen MR) is 63.7 cm³/mol. The van der Waals surface area contributed by atoms with E-state index in [9.17, 15) is 4.79 Å². The summed E-state index contributed by atoms with van der Waals surface area (Å²) in [6.45, 7) is 2.65. The van der Waals surface area contributed by atoms with E-state index in [2.05, 4.69) is 10.1 Å². The van der Waals surface area contributed by atoms with Crippen LogP contribution in [0, 0.1) is 0 Å². The molecule has 1 amide bonds. The number of ether oxygens (including phenoxy) is 1. The van der Waals surface area contributed by atoms with Gasteiger partial charge in [0, 0.05) is 13.7 Å². The van der Waals surface area contributed by atoms with Gasteiger partial charge in [0.25, 0.3) is 0 Å². The van der Waals surface area contributed by atoms with Gasteiger partial charge in [0.15, 0.2) is 5.82 Å². The summed E-state index contributed by atoms with van der Waals surface area (Å²) < 4.78 is 9.91. The van der Waals surface area contributed by atoms with Crippen molar-refractivity contribution in [3.05, 3.63) is 12.2 Å². The van der Waals surface area contributed by atoms with Crippen molar-refractivity contribution in [2.24, 2.45) is 0 Å². The molecule has 0 bridgehead atoms. The number of likely N-dealkylation sites (tertiary alicyclic amines) is 1. The molecule has 1 aromatic rings. The van der Waals surface area contributed by atoms with Crippen molar-refractivity contribution < 1.29 is 14.1 Å². The van der Waals surface area contributed by atoms with E-state index in [4.69, 9.17) is 9.26 Å². The van der Waals surface area contributed by atoms with Gasteiger partial charge in [-0.1, -0.05) is 5.16 Å². The largest absolute Gasteiger partial charge is 0.381 e. The zero-order valence-corrected chi connectivity index (χ0v) is 10.8. The summed E-state index contributed by atoms with van der Waals surface area (Å²) in [5.41, 5.74) is 0. The van der Waals surface area contributed by atoms with Crippen molar-refractivity contribution in [2.75, 3.05) is 13.7 Å². The van der Waals surface area contributed by atoms with Crippen LogP contribution in [0.5, 0.6) is 0 Å². The standard InChI is InChI=1S/C12H19N3O3/c1-9(17-2)7-11(16)15-6-4-3-5-10(15)12-13-8-18-14-12/h8-10H,3-7H2,1-2H3. The number of carbonyl (C=O) groups is 1. The Morgan fingerprint density at radius 1 is 1.67 bits per heavy atom. The maximum absolute atomic E-state index is 12.2. The highest BCUT2D eigenvalue weighted by Crippen LogP contribution is 2.29. The van der Waals surface area contributed by atoms with Crippen molar-refractivity contribution in [2.45, 2.75) is 44.8 Å². The molecular formula is C12H19N3O3. The summed E-state index contributed by atoms with van der Waals surface area (Å²) >= 11 is 0. The van der Waals surface area contributed by atoms with Gasteiger partial charge in [-0.05, 0) is 26.2 Å². The fourth-order valence-electron chi connectivity index (χ4n) is 2.27. The smallest absolute Gasteiger partial charge is 0.225 e. The maximum Gasteiger partial charge on any atom is 0.225 e.